The van der Waals surface area contributed by atoms with Crippen molar-refractivity contribution in [1.29, 1.82) is 0 Å². The molecule has 0 aromatic carbocycles. The summed E-state index contributed by atoms with van der Waals surface area (Å²) >= 11 is 0. The second kappa shape index (κ2) is 6.56. The van der Waals surface area contributed by atoms with E-state index in [0.29, 0.717) is 23.6 Å². The van der Waals surface area contributed by atoms with E-state index in [9.17, 15) is 0 Å². The Kier molecular flexibility index (Phi) is 4.79. The molecule has 0 spiro atoms. The standard InChI is InChI=1S/C13H22N4O2/c1-14-8-10-5-4-6-17(9-10)13-15-11(18-2)7-12(16-13)19-3/h7,10,14H,4-6,8-9H2,1-3H3. The van der Waals surface area contributed by atoms with E-state index in [1.165, 1.54) is 6.42 Å². The fraction of sp³-hybridized carbons (Fsp3) is 0.692. The monoisotopic (exact) mass is 266 g/mol. The molecule has 6 nitrogen and oxygen atoms in total. The number of nitrogens with one attached hydrogen (secondary N) is 1. The van der Waals surface area contributed by atoms with E-state index in [1.807, 2.05) is 7.05 Å². The van der Waals surface area contributed by atoms with Gasteiger partial charge in [-0.3, -0.25) is 0 Å². The fourth-order valence-electron chi connectivity index (χ4n) is 2.44. The summed E-state index contributed by atoms with van der Waals surface area (Å²) in [6, 6.07) is 1.69. The highest BCUT2D eigenvalue weighted by atomic mass is 16.5. The van der Waals surface area contributed by atoms with Crippen LogP contribution in [0.1, 0.15) is 12.8 Å². The van der Waals surface area contributed by atoms with Crippen LogP contribution in [-0.4, -0.2) is 50.9 Å². The van der Waals surface area contributed by atoms with E-state index in [-0.39, 0.29) is 0 Å². The predicted molar refractivity (Wildman–Crippen MR) is 74.0 cm³/mol. The number of nitrogens with zero attached hydrogens (tertiary/aromatic N) is 3. The maximum Gasteiger partial charge on any atom is 0.231 e. The summed E-state index contributed by atoms with van der Waals surface area (Å²) in [4.78, 5) is 11.0. The van der Waals surface area contributed by atoms with Gasteiger partial charge in [0, 0.05) is 13.1 Å². The number of rotatable bonds is 5. The second-order valence-electron chi connectivity index (χ2n) is 4.76. The number of piperidine rings is 1. The maximum atomic E-state index is 5.19. The lowest BCUT2D eigenvalue weighted by Gasteiger charge is -2.32. The summed E-state index contributed by atoms with van der Waals surface area (Å²) in [6.45, 7) is 2.98. The van der Waals surface area contributed by atoms with Crippen LogP contribution < -0.4 is 19.7 Å². The average molecular weight is 266 g/mol. The van der Waals surface area contributed by atoms with Crippen LogP contribution in [0.5, 0.6) is 11.8 Å². The van der Waals surface area contributed by atoms with Crippen LogP contribution in [-0.2, 0) is 0 Å². The SMILES string of the molecule is CNCC1CCCN(c2nc(OC)cc(OC)n2)C1. The van der Waals surface area contributed by atoms with Crippen molar-refractivity contribution in [3.63, 3.8) is 0 Å². The molecule has 1 N–H and O–H groups in total. The fourth-order valence-corrected chi connectivity index (χ4v) is 2.44. The molecule has 6 heteroatoms. The number of methoxy groups -OCH3 is 2. The summed E-state index contributed by atoms with van der Waals surface area (Å²) in [7, 11) is 5.20. The summed E-state index contributed by atoms with van der Waals surface area (Å²) in [5, 5.41) is 3.24. The van der Waals surface area contributed by atoms with E-state index >= 15 is 0 Å². The van der Waals surface area contributed by atoms with Gasteiger partial charge in [-0.05, 0) is 32.4 Å². The third-order valence-corrected chi connectivity index (χ3v) is 3.38. The van der Waals surface area contributed by atoms with Crippen molar-refractivity contribution in [2.75, 3.05) is 45.8 Å². The smallest absolute Gasteiger partial charge is 0.231 e. The predicted octanol–water partition coefficient (Wildman–Crippen LogP) is 0.930. The largest absolute Gasteiger partial charge is 0.481 e. The Morgan fingerprint density at radius 3 is 2.58 bits per heavy atom. The van der Waals surface area contributed by atoms with E-state index in [1.54, 1.807) is 20.3 Å². The molecule has 1 saturated heterocycles. The minimum Gasteiger partial charge on any atom is -0.481 e. The van der Waals surface area contributed by atoms with Gasteiger partial charge in [0.2, 0.25) is 17.7 Å². The van der Waals surface area contributed by atoms with Crippen LogP contribution >= 0.6 is 0 Å². The first kappa shape index (κ1) is 13.9. The number of hydrogen-bond acceptors (Lipinski definition) is 6. The lowest BCUT2D eigenvalue weighted by molar-refractivity contribution is 0.365. The Bertz CT molecular complexity index is 389. The number of hydrogen-bond donors (Lipinski definition) is 1. The molecule has 1 aliphatic rings. The van der Waals surface area contributed by atoms with E-state index in [0.717, 1.165) is 26.1 Å². The van der Waals surface area contributed by atoms with E-state index < -0.39 is 0 Å². The molecule has 0 amide bonds. The van der Waals surface area contributed by atoms with Gasteiger partial charge in [-0.25, -0.2) is 0 Å². The van der Waals surface area contributed by atoms with Gasteiger partial charge in [0.25, 0.3) is 0 Å². The van der Waals surface area contributed by atoms with Crippen molar-refractivity contribution in [3.8, 4) is 11.8 Å². The van der Waals surface area contributed by atoms with Crippen LogP contribution in [0.3, 0.4) is 0 Å². The molecule has 1 aromatic heterocycles. The molecule has 2 heterocycles. The molecule has 1 aliphatic heterocycles. The molecule has 2 rings (SSSR count). The molecular formula is C13H22N4O2. The van der Waals surface area contributed by atoms with Gasteiger partial charge >= 0.3 is 0 Å². The molecule has 0 saturated carbocycles. The van der Waals surface area contributed by atoms with Gasteiger partial charge in [-0.1, -0.05) is 0 Å². The van der Waals surface area contributed by atoms with Crippen LogP contribution in [0.15, 0.2) is 6.07 Å². The second-order valence-corrected chi connectivity index (χ2v) is 4.76. The zero-order chi connectivity index (χ0) is 13.7. The Morgan fingerprint density at radius 1 is 1.32 bits per heavy atom. The topological polar surface area (TPSA) is 59.5 Å². The molecular weight excluding hydrogens is 244 g/mol. The normalized spacial score (nSPS) is 19.3. The van der Waals surface area contributed by atoms with Gasteiger partial charge in [-0.2, -0.15) is 9.97 Å². The average Bonchev–Trinajstić information content (AvgIpc) is 2.47. The summed E-state index contributed by atoms with van der Waals surface area (Å²) < 4.78 is 10.4. The molecule has 0 aliphatic carbocycles. The molecule has 1 aromatic rings. The molecule has 106 valence electrons. The van der Waals surface area contributed by atoms with Gasteiger partial charge in [-0.15, -0.1) is 0 Å². The number of anilines is 1. The first-order valence-electron chi connectivity index (χ1n) is 6.63. The lowest BCUT2D eigenvalue weighted by Crippen LogP contribution is -2.40. The number of ether oxygens (including phenoxy) is 2. The Balaban J connectivity index is 2.15. The minimum atomic E-state index is 0.539. The van der Waals surface area contributed by atoms with Crippen molar-refractivity contribution < 1.29 is 9.47 Å². The van der Waals surface area contributed by atoms with Crippen molar-refractivity contribution in [3.05, 3.63) is 6.07 Å². The van der Waals surface area contributed by atoms with Crippen molar-refractivity contribution in [2.45, 2.75) is 12.8 Å². The molecule has 1 fully saturated rings. The summed E-state index contributed by atoms with van der Waals surface area (Å²) in [5.74, 6) is 2.41. The van der Waals surface area contributed by atoms with Crippen LogP contribution in [0.4, 0.5) is 5.95 Å². The molecule has 19 heavy (non-hydrogen) atoms. The van der Waals surface area contributed by atoms with Crippen LogP contribution in [0.2, 0.25) is 0 Å². The highest BCUT2D eigenvalue weighted by Gasteiger charge is 2.22. The zero-order valence-corrected chi connectivity index (χ0v) is 11.8. The minimum absolute atomic E-state index is 0.539. The van der Waals surface area contributed by atoms with Crippen molar-refractivity contribution in [2.24, 2.45) is 5.92 Å². The van der Waals surface area contributed by atoms with E-state index in [4.69, 9.17) is 9.47 Å². The summed E-state index contributed by atoms with van der Waals surface area (Å²) in [6.07, 6.45) is 2.41. The van der Waals surface area contributed by atoms with E-state index in [2.05, 4.69) is 20.2 Å². The number of aromatic nitrogens is 2. The van der Waals surface area contributed by atoms with Crippen molar-refractivity contribution in [1.82, 2.24) is 15.3 Å². The first-order valence-corrected chi connectivity index (χ1v) is 6.63. The quantitative estimate of drug-likeness (QED) is 0.855. The van der Waals surface area contributed by atoms with Crippen LogP contribution in [0, 0.1) is 5.92 Å². The Labute approximate surface area is 114 Å². The van der Waals surface area contributed by atoms with Gasteiger partial charge in [0.1, 0.15) is 0 Å². The van der Waals surface area contributed by atoms with Crippen LogP contribution in [0.25, 0.3) is 0 Å². The van der Waals surface area contributed by atoms with Crippen molar-refractivity contribution >= 4 is 5.95 Å². The summed E-state index contributed by atoms with van der Waals surface area (Å²) in [5.41, 5.74) is 0. The molecule has 0 bridgehead atoms. The third kappa shape index (κ3) is 3.47. The third-order valence-electron chi connectivity index (χ3n) is 3.38. The van der Waals surface area contributed by atoms with Gasteiger partial charge in [0.05, 0.1) is 20.3 Å². The van der Waals surface area contributed by atoms with Gasteiger partial charge in [0.15, 0.2) is 0 Å². The maximum absolute atomic E-state index is 5.19. The highest BCUT2D eigenvalue weighted by Crippen LogP contribution is 2.24. The van der Waals surface area contributed by atoms with Gasteiger partial charge < -0.3 is 19.7 Å². The molecule has 0 radical (unpaired) electrons. The Hall–Kier alpha value is -1.56. The zero-order valence-electron chi connectivity index (χ0n) is 11.8. The molecule has 1 atom stereocenters. The molecule has 1 unspecified atom stereocenters. The lowest BCUT2D eigenvalue weighted by atomic mass is 9.98. The highest BCUT2D eigenvalue weighted by molar-refractivity contribution is 5.37. The first-order chi connectivity index (χ1) is 9.26. The Morgan fingerprint density at radius 2 is 2.00 bits per heavy atom.